The molecular formula is C18H22BrNO7. The fraction of sp³-hybridized carbons (Fsp3) is 0.444. The van der Waals surface area contributed by atoms with Crippen molar-refractivity contribution in [2.24, 2.45) is 0 Å². The Labute approximate surface area is 165 Å². The number of alkyl halides is 1. The highest BCUT2D eigenvalue weighted by atomic mass is 79.9. The maximum Gasteiger partial charge on any atom is 0.341 e. The third-order valence-corrected chi connectivity index (χ3v) is 3.82. The normalized spacial score (nSPS) is 10.3. The predicted octanol–water partition coefficient (Wildman–Crippen LogP) is 2.09. The van der Waals surface area contributed by atoms with Crippen molar-refractivity contribution in [3.63, 3.8) is 0 Å². The zero-order valence-electron chi connectivity index (χ0n) is 15.4. The van der Waals surface area contributed by atoms with E-state index in [2.05, 4.69) is 20.7 Å². The maximum absolute atomic E-state index is 12.7. The van der Waals surface area contributed by atoms with E-state index in [1.165, 1.54) is 31.4 Å². The quantitative estimate of drug-likeness (QED) is 0.249. The van der Waals surface area contributed by atoms with E-state index in [-0.39, 0.29) is 30.9 Å². The number of esters is 3. The van der Waals surface area contributed by atoms with Crippen molar-refractivity contribution < 1.29 is 33.4 Å². The molecule has 0 fully saturated rings. The number of hydrogen-bond donors (Lipinski definition) is 0. The number of amides is 1. The van der Waals surface area contributed by atoms with Crippen molar-refractivity contribution in [2.75, 3.05) is 30.6 Å². The largest absolute Gasteiger partial charge is 0.465 e. The van der Waals surface area contributed by atoms with Crippen LogP contribution in [0.25, 0.3) is 0 Å². The van der Waals surface area contributed by atoms with E-state index in [0.717, 1.165) is 4.90 Å². The average molecular weight is 444 g/mol. The molecule has 0 heterocycles. The summed E-state index contributed by atoms with van der Waals surface area (Å²) in [6.45, 7) is 3.26. The van der Waals surface area contributed by atoms with Gasteiger partial charge in [-0.1, -0.05) is 15.9 Å². The molecule has 8 nitrogen and oxygen atoms in total. The molecule has 1 aromatic rings. The van der Waals surface area contributed by atoms with Crippen LogP contribution in [0, 0.1) is 0 Å². The molecule has 0 unspecified atom stereocenters. The number of benzene rings is 1. The average Bonchev–Trinajstić information content (AvgIpc) is 2.65. The molecule has 0 spiro atoms. The van der Waals surface area contributed by atoms with Crippen LogP contribution in [0.2, 0.25) is 0 Å². The summed E-state index contributed by atoms with van der Waals surface area (Å²) in [5, 5.41) is 0.334. The molecule has 0 bridgehead atoms. The van der Waals surface area contributed by atoms with Gasteiger partial charge >= 0.3 is 17.9 Å². The molecule has 0 N–H and O–H groups in total. The SMILES string of the molecule is CCOC(=O)C(C(=O)OCC)N(C(=O)CCBr)c1ccc(C(=O)OC)cc1. The Bertz CT molecular complexity index is 657. The third-order valence-electron chi connectivity index (χ3n) is 3.42. The molecule has 27 heavy (non-hydrogen) atoms. The van der Waals surface area contributed by atoms with Gasteiger partial charge in [0.25, 0.3) is 0 Å². The monoisotopic (exact) mass is 443 g/mol. The van der Waals surface area contributed by atoms with Gasteiger partial charge < -0.3 is 14.2 Å². The van der Waals surface area contributed by atoms with Crippen molar-refractivity contribution in [1.29, 1.82) is 0 Å². The summed E-state index contributed by atoms with van der Waals surface area (Å²) in [5.74, 6) is -2.82. The summed E-state index contributed by atoms with van der Waals surface area (Å²) in [7, 11) is 1.25. The summed E-state index contributed by atoms with van der Waals surface area (Å²) in [6, 6.07) is 4.18. The molecule has 9 heteroatoms. The number of halogens is 1. The molecule has 0 aliphatic carbocycles. The first kappa shape index (κ1) is 22.6. The van der Waals surface area contributed by atoms with Gasteiger partial charge in [-0.25, -0.2) is 14.4 Å². The lowest BCUT2D eigenvalue weighted by molar-refractivity contribution is -0.157. The number of carbonyl (C=O) groups is 4. The first-order valence-corrected chi connectivity index (χ1v) is 9.43. The van der Waals surface area contributed by atoms with E-state index in [0.29, 0.717) is 5.33 Å². The Kier molecular flexibility index (Phi) is 9.49. The topological polar surface area (TPSA) is 99.2 Å². The lowest BCUT2D eigenvalue weighted by atomic mass is 10.1. The lowest BCUT2D eigenvalue weighted by Crippen LogP contribution is -2.51. The standard InChI is InChI=1S/C18H22BrNO7/c1-4-26-17(23)15(18(24)27-5-2)20(14(21)10-11-19)13-8-6-12(7-9-13)16(22)25-3/h6-9,15H,4-5,10-11H2,1-3H3. The number of anilines is 1. The van der Waals surface area contributed by atoms with Crippen LogP contribution >= 0.6 is 15.9 Å². The van der Waals surface area contributed by atoms with E-state index in [1.54, 1.807) is 13.8 Å². The Hall–Kier alpha value is -2.42. The van der Waals surface area contributed by atoms with E-state index in [1.807, 2.05) is 0 Å². The van der Waals surface area contributed by atoms with Crippen molar-refractivity contribution in [1.82, 2.24) is 0 Å². The highest BCUT2D eigenvalue weighted by molar-refractivity contribution is 9.09. The Morgan fingerprint density at radius 3 is 1.93 bits per heavy atom. The number of carbonyl (C=O) groups excluding carboxylic acids is 4. The van der Waals surface area contributed by atoms with Crippen molar-refractivity contribution in [3.05, 3.63) is 29.8 Å². The molecule has 0 aromatic heterocycles. The zero-order chi connectivity index (χ0) is 20.4. The number of methoxy groups -OCH3 is 1. The molecular weight excluding hydrogens is 422 g/mol. The van der Waals surface area contributed by atoms with Gasteiger partial charge in [-0.3, -0.25) is 9.69 Å². The van der Waals surface area contributed by atoms with Crippen LogP contribution in [0.4, 0.5) is 5.69 Å². The third kappa shape index (κ3) is 6.06. The number of ether oxygens (including phenoxy) is 3. The van der Waals surface area contributed by atoms with Gasteiger partial charge in [-0.2, -0.15) is 0 Å². The molecule has 1 amide bonds. The van der Waals surface area contributed by atoms with Crippen LogP contribution in [-0.2, 0) is 28.6 Å². The molecule has 0 radical (unpaired) electrons. The number of rotatable bonds is 9. The molecule has 1 rings (SSSR count). The molecule has 0 saturated carbocycles. The van der Waals surface area contributed by atoms with Gasteiger partial charge in [-0.15, -0.1) is 0 Å². The molecule has 1 aromatic carbocycles. The molecule has 0 atom stereocenters. The number of hydrogen-bond acceptors (Lipinski definition) is 7. The van der Waals surface area contributed by atoms with Gasteiger partial charge in [0.1, 0.15) is 0 Å². The molecule has 0 saturated heterocycles. The van der Waals surface area contributed by atoms with Crippen LogP contribution < -0.4 is 4.90 Å². The van der Waals surface area contributed by atoms with Gasteiger partial charge in [-0.05, 0) is 38.1 Å². The first-order valence-electron chi connectivity index (χ1n) is 8.30. The fourth-order valence-corrected chi connectivity index (χ4v) is 2.60. The summed E-state index contributed by atoms with van der Waals surface area (Å²) in [6.07, 6.45) is 0.0358. The van der Waals surface area contributed by atoms with E-state index < -0.39 is 29.9 Å². The number of nitrogens with zero attached hydrogens (tertiary/aromatic N) is 1. The summed E-state index contributed by atoms with van der Waals surface area (Å²) in [4.78, 5) is 50.1. The minimum atomic E-state index is -1.58. The highest BCUT2D eigenvalue weighted by Crippen LogP contribution is 2.22. The minimum absolute atomic E-state index is 0.0358. The van der Waals surface area contributed by atoms with Crippen LogP contribution in [0.1, 0.15) is 30.6 Å². The lowest BCUT2D eigenvalue weighted by Gasteiger charge is -2.28. The fourth-order valence-electron chi connectivity index (χ4n) is 2.26. The predicted molar refractivity (Wildman–Crippen MR) is 101 cm³/mol. The minimum Gasteiger partial charge on any atom is -0.465 e. The van der Waals surface area contributed by atoms with Crippen molar-refractivity contribution in [3.8, 4) is 0 Å². The maximum atomic E-state index is 12.7. The summed E-state index contributed by atoms with van der Waals surface area (Å²) in [5.41, 5.74) is 0.512. The van der Waals surface area contributed by atoms with Crippen LogP contribution in [0.3, 0.4) is 0 Å². The summed E-state index contributed by atoms with van der Waals surface area (Å²) >= 11 is 3.17. The zero-order valence-corrected chi connectivity index (χ0v) is 17.0. The molecule has 148 valence electrons. The second-order valence-corrected chi connectivity index (χ2v) is 5.94. The Balaban J connectivity index is 3.38. The first-order chi connectivity index (χ1) is 12.9. The van der Waals surface area contributed by atoms with Crippen LogP contribution in [0.15, 0.2) is 24.3 Å². The van der Waals surface area contributed by atoms with E-state index >= 15 is 0 Å². The summed E-state index contributed by atoms with van der Waals surface area (Å²) < 4.78 is 14.6. The smallest absolute Gasteiger partial charge is 0.341 e. The van der Waals surface area contributed by atoms with Crippen LogP contribution in [-0.4, -0.2) is 55.5 Å². The highest BCUT2D eigenvalue weighted by Gasteiger charge is 2.39. The molecule has 0 aliphatic heterocycles. The van der Waals surface area contributed by atoms with Crippen molar-refractivity contribution >= 4 is 45.4 Å². The van der Waals surface area contributed by atoms with Gasteiger partial charge in [0, 0.05) is 17.4 Å². The Morgan fingerprint density at radius 1 is 1.00 bits per heavy atom. The van der Waals surface area contributed by atoms with Gasteiger partial charge in [0.2, 0.25) is 11.9 Å². The Morgan fingerprint density at radius 2 is 1.52 bits per heavy atom. The molecule has 0 aliphatic rings. The van der Waals surface area contributed by atoms with Crippen molar-refractivity contribution in [2.45, 2.75) is 26.3 Å². The second-order valence-electron chi connectivity index (χ2n) is 5.15. The van der Waals surface area contributed by atoms with Gasteiger partial charge in [0.05, 0.1) is 25.9 Å². The van der Waals surface area contributed by atoms with E-state index in [4.69, 9.17) is 9.47 Å². The second kappa shape index (κ2) is 11.3. The van der Waals surface area contributed by atoms with Gasteiger partial charge in [0.15, 0.2) is 0 Å². The van der Waals surface area contributed by atoms with Crippen LogP contribution in [0.5, 0.6) is 0 Å². The van der Waals surface area contributed by atoms with E-state index in [9.17, 15) is 19.2 Å².